The van der Waals surface area contributed by atoms with Crippen LogP contribution < -0.4 is 0 Å². The SMILES string of the molecule is [2H]c1c([2H])c(-c2ccnc(-c3[c-]c(-c4cccc5c4nc(-c4cc(C(C)C)cc(C(C)C)c4O)n5-c4ccc(C(C)(C)CC)cc4-c4ccccc4)cc(C(C)(C)C)c3)c2)c([2H])c([2H])c1C.[Pt]. The normalized spacial score (nSPS) is 12.9. The Labute approximate surface area is 395 Å². The Bertz CT molecular complexity index is 3140. The maximum atomic E-state index is 12.3. The van der Waals surface area contributed by atoms with E-state index in [1.54, 1.807) is 19.2 Å². The summed E-state index contributed by atoms with van der Waals surface area (Å²) in [5.41, 5.74) is 13.5. The zero-order valence-electron chi connectivity index (χ0n) is 42.4. The van der Waals surface area contributed by atoms with Crippen molar-refractivity contribution in [2.75, 3.05) is 0 Å². The third kappa shape index (κ3) is 8.98. The van der Waals surface area contributed by atoms with Gasteiger partial charge in [0.15, 0.2) is 0 Å². The first-order valence-electron chi connectivity index (χ1n) is 23.9. The summed E-state index contributed by atoms with van der Waals surface area (Å²) in [4.78, 5) is 10.4. The maximum Gasteiger partial charge on any atom is 0.148 e. The van der Waals surface area contributed by atoms with E-state index in [0.717, 1.165) is 67.6 Å². The largest absolute Gasteiger partial charge is 0.507 e. The summed E-state index contributed by atoms with van der Waals surface area (Å²) in [6.45, 7) is 23.5. The molecule has 1 N–H and O–H groups in total. The number of pyridine rings is 1. The van der Waals surface area contributed by atoms with Crippen molar-refractivity contribution in [1.82, 2.24) is 14.5 Å². The average molecular weight is 1010 g/mol. The van der Waals surface area contributed by atoms with E-state index in [1.165, 1.54) is 5.56 Å². The van der Waals surface area contributed by atoms with Crippen LogP contribution in [0.2, 0.25) is 0 Å². The minimum absolute atomic E-state index is 0. The van der Waals surface area contributed by atoms with E-state index in [9.17, 15) is 5.11 Å². The predicted molar refractivity (Wildman–Crippen MR) is 261 cm³/mol. The number of hydrogen-bond donors (Lipinski definition) is 1. The summed E-state index contributed by atoms with van der Waals surface area (Å²) in [5, 5.41) is 12.3. The van der Waals surface area contributed by atoms with Crippen molar-refractivity contribution in [3.8, 4) is 67.5 Å². The Balaban J connectivity index is 0.00000666. The molecule has 0 saturated heterocycles. The van der Waals surface area contributed by atoms with Crippen molar-refractivity contribution in [3.63, 3.8) is 0 Å². The molecule has 0 atom stereocenters. The first kappa shape index (κ1) is 40.2. The zero-order chi connectivity index (χ0) is 47.6. The fourth-order valence-corrected chi connectivity index (χ4v) is 8.11. The number of imidazole rings is 1. The van der Waals surface area contributed by atoms with E-state index < -0.39 is 0 Å². The van der Waals surface area contributed by atoms with Gasteiger partial charge in [-0.15, -0.1) is 29.3 Å². The van der Waals surface area contributed by atoms with Gasteiger partial charge in [-0.05, 0) is 99.7 Å². The number of rotatable bonds is 10. The molecule has 63 heavy (non-hydrogen) atoms. The first-order valence-corrected chi connectivity index (χ1v) is 21.9. The van der Waals surface area contributed by atoms with Crippen LogP contribution in [0.4, 0.5) is 0 Å². The molecule has 0 amide bonds. The molecule has 0 unspecified atom stereocenters. The molecule has 0 radical (unpaired) electrons. The molecule has 0 aliphatic carbocycles. The molecule has 0 saturated carbocycles. The van der Waals surface area contributed by atoms with Crippen molar-refractivity contribution in [2.24, 2.45) is 0 Å². The molecule has 5 heteroatoms. The van der Waals surface area contributed by atoms with E-state index in [4.69, 9.17) is 15.5 Å². The van der Waals surface area contributed by atoms with Crippen LogP contribution in [-0.2, 0) is 31.9 Å². The van der Waals surface area contributed by atoms with Crippen molar-refractivity contribution in [1.29, 1.82) is 0 Å². The molecule has 2 heterocycles. The fourth-order valence-electron chi connectivity index (χ4n) is 8.11. The molecule has 2 aromatic heterocycles. The number of phenolic OH excluding ortho intramolecular Hbond substituents is 1. The summed E-state index contributed by atoms with van der Waals surface area (Å²) >= 11 is 0. The van der Waals surface area contributed by atoms with Gasteiger partial charge in [-0.2, -0.15) is 0 Å². The fraction of sp³-hybridized carbons (Fsp3) is 0.276. The number of aromatic nitrogens is 3. The predicted octanol–water partition coefficient (Wildman–Crippen LogP) is 15.8. The van der Waals surface area contributed by atoms with Gasteiger partial charge in [-0.1, -0.05) is 171 Å². The topological polar surface area (TPSA) is 50.9 Å². The van der Waals surface area contributed by atoms with Gasteiger partial charge in [0.1, 0.15) is 11.6 Å². The smallest absolute Gasteiger partial charge is 0.148 e. The summed E-state index contributed by atoms with van der Waals surface area (Å²) < 4.78 is 36.9. The van der Waals surface area contributed by atoms with Crippen LogP contribution in [0.3, 0.4) is 0 Å². The molecule has 8 rings (SSSR count). The van der Waals surface area contributed by atoms with Crippen LogP contribution in [0, 0.1) is 13.0 Å². The van der Waals surface area contributed by atoms with E-state index in [0.29, 0.717) is 28.2 Å². The summed E-state index contributed by atoms with van der Waals surface area (Å²) in [6.07, 6.45) is 2.63. The van der Waals surface area contributed by atoms with Crippen molar-refractivity contribution < 1.29 is 31.7 Å². The van der Waals surface area contributed by atoms with Gasteiger partial charge in [-0.25, -0.2) is 4.98 Å². The second kappa shape index (κ2) is 17.9. The number of para-hydroxylation sites is 1. The standard InChI is InChI=1S/C58H60N3O.Pt/c1-12-58(10,11)45-25-26-52(49(35-45)40-17-14-13-15-18-40)61-53-20-16-19-47(54(53)60-56(61)50-33-42(36(2)3)32-48(37(4)5)55(50)62)43-29-44(31-46(30-43)57(7,8)9)51-34-41(27-28-59-51)39-23-21-38(6)22-24-39;/h13-28,30-37,62H,12H2,1-11H3;/q-1;/i21D,22D,23D,24D;. The van der Waals surface area contributed by atoms with E-state index >= 15 is 0 Å². The maximum absolute atomic E-state index is 12.3. The van der Waals surface area contributed by atoms with Crippen LogP contribution in [-0.4, -0.2) is 19.6 Å². The Morgan fingerprint density at radius 2 is 1.41 bits per heavy atom. The molecule has 324 valence electrons. The van der Waals surface area contributed by atoms with Gasteiger partial charge in [0.25, 0.3) is 0 Å². The molecule has 8 aromatic rings. The van der Waals surface area contributed by atoms with Crippen molar-refractivity contribution in [3.05, 3.63) is 167 Å². The van der Waals surface area contributed by atoms with E-state index in [1.807, 2.05) is 12.1 Å². The van der Waals surface area contributed by atoms with Gasteiger partial charge in [-0.3, -0.25) is 9.55 Å². The number of phenols is 1. The average Bonchev–Trinajstić information content (AvgIpc) is 3.69. The van der Waals surface area contributed by atoms with Gasteiger partial charge in [0, 0.05) is 38.5 Å². The number of hydrogen-bond acceptors (Lipinski definition) is 3. The molecule has 6 aromatic carbocycles. The van der Waals surface area contributed by atoms with Crippen LogP contribution in [0.25, 0.3) is 72.7 Å². The van der Waals surface area contributed by atoms with Crippen LogP contribution in [0.15, 0.2) is 133 Å². The zero-order valence-corrected chi connectivity index (χ0v) is 40.6. The summed E-state index contributed by atoms with van der Waals surface area (Å²) in [5.74, 6) is 1.14. The molecular weight excluding hydrogens is 950 g/mol. The molecule has 0 bridgehead atoms. The van der Waals surface area contributed by atoms with Gasteiger partial charge in [0.2, 0.25) is 0 Å². The number of benzene rings is 6. The number of nitrogens with zero attached hydrogens (tertiary/aromatic N) is 3. The van der Waals surface area contributed by atoms with Gasteiger partial charge in [0.05, 0.1) is 27.8 Å². The molecule has 0 aliphatic heterocycles. The quantitative estimate of drug-likeness (QED) is 0.139. The van der Waals surface area contributed by atoms with Crippen LogP contribution >= 0.6 is 0 Å². The third-order valence-corrected chi connectivity index (χ3v) is 12.5. The minimum Gasteiger partial charge on any atom is -0.507 e. The van der Waals surface area contributed by atoms with Gasteiger partial charge >= 0.3 is 0 Å². The summed E-state index contributed by atoms with van der Waals surface area (Å²) in [6, 6.07) is 39.1. The molecule has 0 spiro atoms. The molecule has 4 nitrogen and oxygen atoms in total. The Morgan fingerprint density at radius 3 is 2.08 bits per heavy atom. The molecular formula is C58H60N3OPt-. The Hall–Kier alpha value is -5.57. The second-order valence-electron chi connectivity index (χ2n) is 19.0. The van der Waals surface area contributed by atoms with Crippen LogP contribution in [0.1, 0.15) is 121 Å². The van der Waals surface area contributed by atoms with E-state index in [2.05, 4.69) is 165 Å². The number of aromatic hydroxyl groups is 1. The van der Waals surface area contributed by atoms with Gasteiger partial charge < -0.3 is 5.11 Å². The summed E-state index contributed by atoms with van der Waals surface area (Å²) in [7, 11) is 0. The third-order valence-electron chi connectivity index (χ3n) is 12.5. The monoisotopic (exact) mass is 1010 g/mol. The number of fused-ring (bicyclic) bond motifs is 1. The second-order valence-corrected chi connectivity index (χ2v) is 19.0. The van der Waals surface area contributed by atoms with Crippen molar-refractivity contribution in [2.45, 2.75) is 105 Å². The van der Waals surface area contributed by atoms with Crippen molar-refractivity contribution >= 4 is 11.0 Å². The minimum atomic E-state index is -0.274. The van der Waals surface area contributed by atoms with E-state index in [-0.39, 0.29) is 79.2 Å². The molecule has 0 aliphatic rings. The first-order chi connectivity index (χ1) is 31.2. The molecule has 0 fully saturated rings. The Morgan fingerprint density at radius 1 is 0.698 bits per heavy atom. The van der Waals surface area contributed by atoms with Crippen LogP contribution in [0.5, 0.6) is 5.75 Å². The Kier molecular flexibility index (Phi) is 11.4.